The Morgan fingerprint density at radius 2 is 1.46 bits per heavy atom. The second kappa shape index (κ2) is 10.7. The van der Waals surface area contributed by atoms with E-state index in [4.69, 9.17) is 4.74 Å². The maximum Gasteiger partial charge on any atom is 0.313 e. The predicted octanol–water partition coefficient (Wildman–Crippen LogP) is 6.04. The first-order chi connectivity index (χ1) is 13.4. The average molecular weight is 403 g/mol. The first kappa shape index (κ1) is 24.3. The maximum absolute atomic E-state index is 12.5. The summed E-state index contributed by atoms with van der Waals surface area (Å²) in [6, 6.07) is 17.1. The number of thioether (sulfide) groups is 1. The van der Waals surface area contributed by atoms with Crippen LogP contribution in [0, 0.1) is 5.92 Å². The summed E-state index contributed by atoms with van der Waals surface area (Å²) < 4.78 is 5.49. The van der Waals surface area contributed by atoms with Gasteiger partial charge in [0.05, 0.1) is 5.92 Å². The summed E-state index contributed by atoms with van der Waals surface area (Å²) in [6.45, 7) is 11.8. The number of cyclic esters (lactones) is 1. The third-order valence-corrected chi connectivity index (χ3v) is 5.35. The van der Waals surface area contributed by atoms with E-state index in [1.165, 1.54) is 0 Å². The fourth-order valence-corrected chi connectivity index (χ4v) is 3.79. The van der Waals surface area contributed by atoms with E-state index in [-0.39, 0.29) is 5.97 Å². The van der Waals surface area contributed by atoms with Gasteiger partial charge in [-0.05, 0) is 43.4 Å². The minimum absolute atomic E-state index is 0.347. The third-order valence-electron chi connectivity index (χ3n) is 4.61. The molecular formula is C24H34O3S. The fraction of sp³-hybridized carbons (Fsp3) is 0.458. The summed E-state index contributed by atoms with van der Waals surface area (Å²) in [4.78, 5) is 13.6. The van der Waals surface area contributed by atoms with Crippen LogP contribution in [0.5, 0.6) is 0 Å². The molecule has 0 aromatic heterocycles. The van der Waals surface area contributed by atoms with E-state index < -0.39 is 17.1 Å². The smallest absolute Gasteiger partial charge is 0.313 e. The lowest BCUT2D eigenvalue weighted by molar-refractivity contribution is -0.152. The molecule has 3 nitrogen and oxygen atoms in total. The molecule has 1 heterocycles. The zero-order chi connectivity index (χ0) is 21.4. The van der Waals surface area contributed by atoms with Gasteiger partial charge in [-0.2, -0.15) is 0 Å². The van der Waals surface area contributed by atoms with Crippen molar-refractivity contribution < 1.29 is 14.6 Å². The maximum atomic E-state index is 12.5. The Labute approximate surface area is 174 Å². The molecule has 0 saturated carbocycles. The second-order valence-electron chi connectivity index (χ2n) is 6.80. The summed E-state index contributed by atoms with van der Waals surface area (Å²) in [5, 5.41) is 11.7. The Bertz CT molecular complexity index is 725. The standard InChI is InChI=1S/C20H22O3S.2C2H6/c1-19(2)13-17(18(21)23-19)20(22,14-7-5-4-6-8-14)15-9-11-16(24-3)12-10-15;2*1-2/h4-12,17,22H,13H2,1-3H3;2*1-2H3. The Hall–Kier alpha value is -1.78. The van der Waals surface area contributed by atoms with Gasteiger partial charge in [0.25, 0.3) is 0 Å². The fourth-order valence-electron chi connectivity index (χ4n) is 3.38. The largest absolute Gasteiger partial charge is 0.459 e. The molecule has 2 atom stereocenters. The number of esters is 1. The van der Waals surface area contributed by atoms with Crippen LogP contribution < -0.4 is 0 Å². The summed E-state index contributed by atoms with van der Waals surface area (Å²) in [5.74, 6) is -0.977. The normalized spacial score (nSPS) is 19.3. The Balaban J connectivity index is 0.000000921. The van der Waals surface area contributed by atoms with Gasteiger partial charge >= 0.3 is 5.97 Å². The molecule has 1 fully saturated rings. The molecule has 154 valence electrons. The van der Waals surface area contributed by atoms with Crippen LogP contribution in [-0.2, 0) is 15.1 Å². The number of rotatable bonds is 4. The van der Waals surface area contributed by atoms with E-state index in [2.05, 4.69) is 0 Å². The van der Waals surface area contributed by atoms with E-state index in [9.17, 15) is 9.90 Å². The Morgan fingerprint density at radius 3 is 1.89 bits per heavy atom. The van der Waals surface area contributed by atoms with Crippen LogP contribution in [0.25, 0.3) is 0 Å². The quantitative estimate of drug-likeness (QED) is 0.500. The zero-order valence-electron chi connectivity index (χ0n) is 18.2. The van der Waals surface area contributed by atoms with Crippen molar-refractivity contribution in [3.63, 3.8) is 0 Å². The molecule has 3 rings (SSSR count). The molecule has 4 heteroatoms. The minimum Gasteiger partial charge on any atom is -0.459 e. The number of hydrogen-bond donors (Lipinski definition) is 1. The Morgan fingerprint density at radius 1 is 0.964 bits per heavy atom. The van der Waals surface area contributed by atoms with Crippen LogP contribution in [0.3, 0.4) is 0 Å². The van der Waals surface area contributed by atoms with E-state index in [0.29, 0.717) is 17.5 Å². The summed E-state index contributed by atoms with van der Waals surface area (Å²) >= 11 is 1.64. The molecule has 1 saturated heterocycles. The van der Waals surface area contributed by atoms with Crippen LogP contribution in [0.4, 0.5) is 0 Å². The lowest BCUT2D eigenvalue weighted by Crippen LogP contribution is -2.39. The molecule has 2 aromatic rings. The van der Waals surface area contributed by atoms with Crippen LogP contribution in [-0.4, -0.2) is 22.9 Å². The Kier molecular flexibility index (Phi) is 9.25. The molecule has 0 amide bonds. The summed E-state index contributed by atoms with van der Waals surface area (Å²) in [5.41, 5.74) is -0.542. The number of carbonyl (C=O) groups excluding carboxylic acids is 1. The highest BCUT2D eigenvalue weighted by Gasteiger charge is 2.53. The van der Waals surface area contributed by atoms with Crippen LogP contribution in [0.15, 0.2) is 59.5 Å². The molecular weight excluding hydrogens is 368 g/mol. The van der Waals surface area contributed by atoms with Crippen molar-refractivity contribution in [3.8, 4) is 0 Å². The van der Waals surface area contributed by atoms with Crippen molar-refractivity contribution in [2.75, 3.05) is 6.26 Å². The molecule has 1 aliphatic heterocycles. The molecule has 0 aliphatic carbocycles. The first-order valence-electron chi connectivity index (χ1n) is 10.0. The topological polar surface area (TPSA) is 46.5 Å². The molecule has 28 heavy (non-hydrogen) atoms. The van der Waals surface area contributed by atoms with Crippen molar-refractivity contribution in [2.45, 2.75) is 64.1 Å². The van der Waals surface area contributed by atoms with Gasteiger partial charge in [0.1, 0.15) is 11.2 Å². The predicted molar refractivity (Wildman–Crippen MR) is 119 cm³/mol. The van der Waals surface area contributed by atoms with E-state index >= 15 is 0 Å². The highest BCUT2D eigenvalue weighted by Crippen LogP contribution is 2.46. The number of ether oxygens (including phenoxy) is 1. The average Bonchev–Trinajstić information content (AvgIpc) is 3.03. The van der Waals surface area contributed by atoms with E-state index in [1.54, 1.807) is 11.8 Å². The van der Waals surface area contributed by atoms with Crippen molar-refractivity contribution in [2.24, 2.45) is 5.92 Å². The van der Waals surface area contributed by atoms with Crippen LogP contribution in [0.1, 0.15) is 59.1 Å². The highest BCUT2D eigenvalue weighted by molar-refractivity contribution is 7.98. The SMILES string of the molecule is CC.CC.CSc1ccc(C(O)(c2ccccc2)C2CC(C)(C)OC2=O)cc1. The number of aliphatic hydroxyl groups is 1. The second-order valence-corrected chi connectivity index (χ2v) is 7.68. The van der Waals surface area contributed by atoms with Crippen molar-refractivity contribution in [3.05, 3.63) is 65.7 Å². The third kappa shape index (κ3) is 5.18. The van der Waals surface area contributed by atoms with E-state index in [1.807, 2.05) is 102 Å². The number of hydrogen-bond acceptors (Lipinski definition) is 4. The van der Waals surface area contributed by atoms with Gasteiger partial charge in [-0.3, -0.25) is 4.79 Å². The van der Waals surface area contributed by atoms with Crippen molar-refractivity contribution in [1.82, 2.24) is 0 Å². The molecule has 0 spiro atoms. The summed E-state index contributed by atoms with van der Waals surface area (Å²) in [6.07, 6.45) is 2.48. The van der Waals surface area contributed by atoms with Crippen LogP contribution in [0.2, 0.25) is 0 Å². The zero-order valence-corrected chi connectivity index (χ0v) is 19.0. The lowest BCUT2D eigenvalue weighted by atomic mass is 9.73. The molecule has 2 unspecified atom stereocenters. The molecule has 0 bridgehead atoms. The first-order valence-corrected chi connectivity index (χ1v) is 11.2. The monoisotopic (exact) mass is 402 g/mol. The van der Waals surface area contributed by atoms with Gasteiger partial charge in [0.15, 0.2) is 0 Å². The molecule has 1 N–H and O–H groups in total. The summed E-state index contributed by atoms with van der Waals surface area (Å²) in [7, 11) is 0. The number of benzene rings is 2. The van der Waals surface area contributed by atoms with Crippen molar-refractivity contribution in [1.29, 1.82) is 0 Å². The van der Waals surface area contributed by atoms with E-state index in [0.717, 1.165) is 4.90 Å². The van der Waals surface area contributed by atoms with Gasteiger partial charge in [0.2, 0.25) is 0 Å². The van der Waals surface area contributed by atoms with Gasteiger partial charge in [-0.25, -0.2) is 0 Å². The number of carbonyl (C=O) groups is 1. The minimum atomic E-state index is -1.40. The van der Waals surface area contributed by atoms with Crippen LogP contribution >= 0.6 is 11.8 Å². The van der Waals surface area contributed by atoms with Gasteiger partial charge in [-0.1, -0.05) is 70.2 Å². The molecule has 0 radical (unpaired) electrons. The molecule has 2 aromatic carbocycles. The van der Waals surface area contributed by atoms with Crippen molar-refractivity contribution >= 4 is 17.7 Å². The lowest BCUT2D eigenvalue weighted by Gasteiger charge is -2.33. The van der Waals surface area contributed by atoms with Gasteiger partial charge in [0, 0.05) is 11.3 Å². The van der Waals surface area contributed by atoms with Gasteiger partial charge < -0.3 is 9.84 Å². The molecule has 1 aliphatic rings. The van der Waals surface area contributed by atoms with Gasteiger partial charge in [-0.15, -0.1) is 11.8 Å². The highest BCUT2D eigenvalue weighted by atomic mass is 32.2.